The zero-order chi connectivity index (χ0) is 21.3. The lowest BCUT2D eigenvalue weighted by Crippen LogP contribution is -2.50. The Balaban J connectivity index is 1.75. The number of hydrogen-bond donors (Lipinski definition) is 0. The highest BCUT2D eigenvalue weighted by Gasteiger charge is 2.34. The van der Waals surface area contributed by atoms with E-state index < -0.39 is 17.9 Å². The van der Waals surface area contributed by atoms with Crippen LogP contribution in [0, 0.1) is 5.82 Å². The normalized spacial score (nSPS) is 18.3. The monoisotopic (exact) mass is 433 g/mol. The SMILES string of the molecule is CC1=NCC(=O)C(Cl)=C1N1CCN(Cc2ccc(F)cc2OC(F)(F)F)C(=O)C1. The second-order valence-corrected chi connectivity index (χ2v) is 6.90. The zero-order valence-electron chi connectivity index (χ0n) is 15.2. The molecular formula is C18H16ClF4N3O3. The molecule has 0 atom stereocenters. The van der Waals surface area contributed by atoms with E-state index in [1.807, 2.05) is 0 Å². The summed E-state index contributed by atoms with van der Waals surface area (Å²) >= 11 is 6.10. The maximum Gasteiger partial charge on any atom is 0.573 e. The molecule has 2 heterocycles. The van der Waals surface area contributed by atoms with Gasteiger partial charge >= 0.3 is 6.36 Å². The number of Topliss-reactive ketones (excluding diaryl/α,β-unsaturated/α-hetero) is 1. The van der Waals surface area contributed by atoms with Crippen molar-refractivity contribution in [3.05, 3.63) is 40.3 Å². The fourth-order valence-electron chi connectivity index (χ4n) is 3.14. The van der Waals surface area contributed by atoms with Crippen molar-refractivity contribution in [2.75, 3.05) is 26.2 Å². The van der Waals surface area contributed by atoms with E-state index >= 15 is 0 Å². The molecule has 1 aromatic rings. The summed E-state index contributed by atoms with van der Waals surface area (Å²) in [5, 5.41) is 0.0122. The van der Waals surface area contributed by atoms with E-state index in [0.717, 1.165) is 12.1 Å². The molecule has 1 saturated heterocycles. The van der Waals surface area contributed by atoms with E-state index in [-0.39, 0.29) is 48.5 Å². The van der Waals surface area contributed by atoms with Crippen LogP contribution >= 0.6 is 11.6 Å². The van der Waals surface area contributed by atoms with Crippen LogP contribution < -0.4 is 4.74 Å². The maximum absolute atomic E-state index is 13.3. The van der Waals surface area contributed by atoms with Crippen molar-refractivity contribution in [1.82, 2.24) is 9.80 Å². The molecule has 3 rings (SSSR count). The van der Waals surface area contributed by atoms with Gasteiger partial charge in [0.05, 0.1) is 18.0 Å². The van der Waals surface area contributed by atoms with E-state index in [0.29, 0.717) is 24.0 Å². The minimum atomic E-state index is -4.99. The van der Waals surface area contributed by atoms with Crippen molar-refractivity contribution in [3.63, 3.8) is 0 Å². The van der Waals surface area contributed by atoms with Crippen molar-refractivity contribution >= 4 is 29.0 Å². The number of carbonyl (C=O) groups excluding carboxylic acids is 2. The van der Waals surface area contributed by atoms with Gasteiger partial charge in [-0.15, -0.1) is 13.2 Å². The fraction of sp³-hybridized carbons (Fsp3) is 0.389. The van der Waals surface area contributed by atoms with Crippen molar-refractivity contribution in [2.24, 2.45) is 4.99 Å². The van der Waals surface area contributed by atoms with Gasteiger partial charge in [-0.25, -0.2) is 4.39 Å². The first-order valence-electron chi connectivity index (χ1n) is 8.56. The molecule has 6 nitrogen and oxygen atoms in total. The molecular weight excluding hydrogens is 418 g/mol. The molecule has 29 heavy (non-hydrogen) atoms. The molecule has 1 amide bonds. The number of ether oxygens (including phenoxy) is 1. The number of piperazine rings is 1. The Labute approximate surface area is 168 Å². The number of nitrogens with zero attached hydrogens (tertiary/aromatic N) is 3. The van der Waals surface area contributed by atoms with Crippen LogP contribution in [0.25, 0.3) is 0 Å². The molecule has 1 aromatic carbocycles. The highest BCUT2D eigenvalue weighted by molar-refractivity contribution is 6.45. The lowest BCUT2D eigenvalue weighted by atomic mass is 10.1. The Kier molecular flexibility index (Phi) is 5.83. The van der Waals surface area contributed by atoms with Crippen molar-refractivity contribution in [3.8, 4) is 5.75 Å². The van der Waals surface area contributed by atoms with E-state index in [1.54, 1.807) is 11.8 Å². The summed E-state index contributed by atoms with van der Waals surface area (Å²) in [6.45, 7) is 1.79. The summed E-state index contributed by atoms with van der Waals surface area (Å²) in [6.07, 6.45) is -4.99. The lowest BCUT2D eigenvalue weighted by Gasteiger charge is -2.37. The van der Waals surface area contributed by atoms with Gasteiger partial charge in [0, 0.05) is 31.3 Å². The predicted molar refractivity (Wildman–Crippen MR) is 95.9 cm³/mol. The average molecular weight is 434 g/mol. The average Bonchev–Trinajstić information content (AvgIpc) is 2.61. The highest BCUT2D eigenvalue weighted by Crippen LogP contribution is 2.29. The molecule has 0 aliphatic carbocycles. The number of alkyl halides is 3. The first kappa shape index (κ1) is 21.1. The van der Waals surface area contributed by atoms with Crippen LogP contribution in [0.3, 0.4) is 0 Å². The summed E-state index contributed by atoms with van der Waals surface area (Å²) in [5.41, 5.74) is 0.947. The van der Waals surface area contributed by atoms with E-state index in [2.05, 4.69) is 9.73 Å². The minimum Gasteiger partial charge on any atom is -0.405 e. The molecule has 0 saturated carbocycles. The van der Waals surface area contributed by atoms with Gasteiger partial charge in [-0.1, -0.05) is 17.7 Å². The Morgan fingerprint density at radius 2 is 1.97 bits per heavy atom. The standard InChI is InChI=1S/C18H16ClF4N3O3/c1-10-17(16(19)13(27)7-24-10)26-5-4-25(15(28)9-26)8-11-2-3-12(20)6-14(11)29-18(21,22)23/h2-3,6H,4-5,7-9H2,1H3. The Bertz CT molecular complexity index is 914. The molecule has 0 N–H and O–H groups in total. The Morgan fingerprint density at radius 3 is 2.62 bits per heavy atom. The minimum absolute atomic E-state index is 0.0122. The third-order valence-corrected chi connectivity index (χ3v) is 4.90. The summed E-state index contributed by atoms with van der Waals surface area (Å²) in [4.78, 5) is 31.4. The summed E-state index contributed by atoms with van der Waals surface area (Å²) in [5.74, 6) is -2.31. The first-order valence-corrected chi connectivity index (χ1v) is 8.94. The second-order valence-electron chi connectivity index (χ2n) is 6.52. The molecule has 0 radical (unpaired) electrons. The number of dihydropyridines is 1. The number of allylic oxidation sites excluding steroid dienone is 1. The van der Waals surface area contributed by atoms with Gasteiger partial charge in [0.25, 0.3) is 0 Å². The topological polar surface area (TPSA) is 62.2 Å². The largest absolute Gasteiger partial charge is 0.573 e. The first-order chi connectivity index (χ1) is 13.5. The van der Waals surface area contributed by atoms with Crippen LogP contribution in [-0.4, -0.2) is 59.7 Å². The number of ketones is 1. The molecule has 0 spiro atoms. The third-order valence-electron chi connectivity index (χ3n) is 4.51. The molecule has 0 unspecified atom stereocenters. The Hall–Kier alpha value is -2.62. The molecule has 2 aliphatic rings. The molecule has 156 valence electrons. The fourth-order valence-corrected chi connectivity index (χ4v) is 3.46. The van der Waals surface area contributed by atoms with E-state index in [1.165, 1.54) is 4.90 Å². The van der Waals surface area contributed by atoms with Gasteiger partial charge in [-0.3, -0.25) is 14.6 Å². The van der Waals surface area contributed by atoms with Gasteiger partial charge in [0.2, 0.25) is 5.91 Å². The van der Waals surface area contributed by atoms with Gasteiger partial charge < -0.3 is 14.5 Å². The van der Waals surface area contributed by atoms with E-state index in [4.69, 9.17) is 11.6 Å². The molecule has 1 fully saturated rings. The van der Waals surface area contributed by atoms with Gasteiger partial charge in [-0.2, -0.15) is 0 Å². The molecule has 11 heteroatoms. The van der Waals surface area contributed by atoms with Crippen LogP contribution in [0.4, 0.5) is 17.6 Å². The number of hydrogen-bond acceptors (Lipinski definition) is 5. The maximum atomic E-state index is 13.3. The smallest absolute Gasteiger partial charge is 0.405 e. The van der Waals surface area contributed by atoms with Crippen molar-refractivity contribution in [1.29, 1.82) is 0 Å². The van der Waals surface area contributed by atoms with Crippen molar-refractivity contribution < 1.29 is 31.9 Å². The van der Waals surface area contributed by atoms with Gasteiger partial charge in [0.1, 0.15) is 23.1 Å². The van der Waals surface area contributed by atoms with E-state index in [9.17, 15) is 27.2 Å². The summed E-state index contributed by atoms with van der Waals surface area (Å²) < 4.78 is 55.0. The van der Waals surface area contributed by atoms with Crippen LogP contribution in [0.1, 0.15) is 12.5 Å². The summed E-state index contributed by atoms with van der Waals surface area (Å²) in [6, 6.07) is 2.77. The van der Waals surface area contributed by atoms with Crippen LogP contribution in [0.15, 0.2) is 33.9 Å². The number of halogens is 5. The quantitative estimate of drug-likeness (QED) is 0.685. The van der Waals surface area contributed by atoms with Gasteiger partial charge in [0.15, 0.2) is 5.78 Å². The predicted octanol–water partition coefficient (Wildman–Crippen LogP) is 2.86. The Morgan fingerprint density at radius 1 is 1.24 bits per heavy atom. The van der Waals surface area contributed by atoms with Crippen LogP contribution in [-0.2, 0) is 16.1 Å². The summed E-state index contributed by atoms with van der Waals surface area (Å²) in [7, 11) is 0. The highest BCUT2D eigenvalue weighted by atomic mass is 35.5. The molecule has 0 bridgehead atoms. The number of aliphatic imine (C=N–C) groups is 1. The van der Waals surface area contributed by atoms with Gasteiger partial charge in [-0.05, 0) is 13.0 Å². The van der Waals surface area contributed by atoms with Crippen LogP contribution in [0.2, 0.25) is 0 Å². The van der Waals surface area contributed by atoms with Crippen molar-refractivity contribution in [2.45, 2.75) is 19.8 Å². The third kappa shape index (κ3) is 4.87. The second kappa shape index (κ2) is 8.02. The molecule has 2 aliphatic heterocycles. The number of amides is 1. The number of carbonyl (C=O) groups is 2. The van der Waals surface area contributed by atoms with Crippen LogP contribution in [0.5, 0.6) is 5.75 Å². The molecule has 0 aromatic heterocycles. The lowest BCUT2D eigenvalue weighted by molar-refractivity contribution is -0.275. The number of benzene rings is 1. The number of rotatable bonds is 4. The zero-order valence-corrected chi connectivity index (χ0v) is 16.0.